The average Bonchev–Trinajstić information content (AvgIpc) is 2.39. The van der Waals surface area contributed by atoms with Gasteiger partial charge in [0.05, 0.1) is 6.54 Å². The number of nitrogens with zero attached hydrogens (tertiary/aromatic N) is 3. The van der Waals surface area contributed by atoms with Crippen LogP contribution >= 0.6 is 0 Å². The molecule has 0 fully saturated rings. The number of amides is 1. The van der Waals surface area contributed by atoms with E-state index < -0.39 is 0 Å². The van der Waals surface area contributed by atoms with E-state index in [1.807, 2.05) is 24.1 Å². The van der Waals surface area contributed by atoms with Gasteiger partial charge < -0.3 is 15.1 Å². The predicted molar refractivity (Wildman–Crippen MR) is 78.2 cm³/mol. The SMILES string of the molecule is CCCNCc1cccnc1N(C)CC(=O)N(C)C. The Hall–Kier alpha value is -1.62. The number of hydrogen-bond donors (Lipinski definition) is 1. The Kier molecular flexibility index (Phi) is 6.29. The van der Waals surface area contributed by atoms with Crippen molar-refractivity contribution >= 4 is 11.7 Å². The summed E-state index contributed by atoms with van der Waals surface area (Å²) in [7, 11) is 5.42. The highest BCUT2D eigenvalue weighted by Gasteiger charge is 2.13. The monoisotopic (exact) mass is 264 g/mol. The van der Waals surface area contributed by atoms with Crippen LogP contribution in [0.3, 0.4) is 0 Å². The molecular weight excluding hydrogens is 240 g/mol. The Morgan fingerprint density at radius 3 is 2.74 bits per heavy atom. The first kappa shape index (κ1) is 15.4. The molecule has 0 unspecified atom stereocenters. The van der Waals surface area contributed by atoms with Crippen LogP contribution in [0.4, 0.5) is 5.82 Å². The summed E-state index contributed by atoms with van der Waals surface area (Å²) in [5, 5.41) is 3.36. The van der Waals surface area contributed by atoms with Gasteiger partial charge in [-0.05, 0) is 19.0 Å². The zero-order chi connectivity index (χ0) is 14.3. The van der Waals surface area contributed by atoms with Gasteiger partial charge in [0.1, 0.15) is 5.82 Å². The van der Waals surface area contributed by atoms with E-state index in [1.165, 1.54) is 0 Å². The van der Waals surface area contributed by atoms with Crippen molar-refractivity contribution in [2.45, 2.75) is 19.9 Å². The number of rotatable bonds is 7. The van der Waals surface area contributed by atoms with Crippen molar-refractivity contribution in [2.75, 3.05) is 39.1 Å². The van der Waals surface area contributed by atoms with E-state index in [-0.39, 0.29) is 5.91 Å². The minimum absolute atomic E-state index is 0.0700. The molecule has 1 aromatic heterocycles. The predicted octanol–water partition coefficient (Wildman–Crippen LogP) is 1.11. The molecule has 1 aromatic rings. The Morgan fingerprint density at radius 1 is 1.37 bits per heavy atom. The zero-order valence-electron chi connectivity index (χ0n) is 12.3. The minimum Gasteiger partial charge on any atom is -0.350 e. The normalized spacial score (nSPS) is 10.3. The van der Waals surface area contributed by atoms with Crippen LogP contribution in [0.2, 0.25) is 0 Å². The van der Waals surface area contributed by atoms with Gasteiger partial charge in [-0.1, -0.05) is 13.0 Å². The molecule has 5 nitrogen and oxygen atoms in total. The number of carbonyl (C=O) groups excluding carboxylic acids is 1. The lowest BCUT2D eigenvalue weighted by atomic mass is 10.2. The number of likely N-dealkylation sites (N-methyl/N-ethyl adjacent to an activating group) is 2. The first-order valence-corrected chi connectivity index (χ1v) is 6.62. The molecule has 1 heterocycles. The molecule has 19 heavy (non-hydrogen) atoms. The van der Waals surface area contributed by atoms with Crippen LogP contribution in [0.15, 0.2) is 18.3 Å². The van der Waals surface area contributed by atoms with E-state index in [4.69, 9.17) is 0 Å². The van der Waals surface area contributed by atoms with E-state index in [0.29, 0.717) is 6.54 Å². The van der Waals surface area contributed by atoms with Gasteiger partial charge in [-0.3, -0.25) is 4.79 Å². The molecule has 0 saturated carbocycles. The van der Waals surface area contributed by atoms with E-state index in [9.17, 15) is 4.79 Å². The van der Waals surface area contributed by atoms with E-state index >= 15 is 0 Å². The maximum Gasteiger partial charge on any atom is 0.241 e. The fraction of sp³-hybridized carbons (Fsp3) is 0.571. The van der Waals surface area contributed by atoms with Crippen molar-refractivity contribution in [3.05, 3.63) is 23.9 Å². The van der Waals surface area contributed by atoms with Gasteiger partial charge in [-0.2, -0.15) is 0 Å². The van der Waals surface area contributed by atoms with Crippen molar-refractivity contribution in [1.29, 1.82) is 0 Å². The minimum atomic E-state index is 0.0700. The largest absolute Gasteiger partial charge is 0.350 e. The molecule has 106 valence electrons. The van der Waals surface area contributed by atoms with Crippen LogP contribution < -0.4 is 10.2 Å². The summed E-state index contributed by atoms with van der Waals surface area (Å²) in [6, 6.07) is 3.97. The Morgan fingerprint density at radius 2 is 2.11 bits per heavy atom. The maximum atomic E-state index is 11.7. The zero-order valence-corrected chi connectivity index (χ0v) is 12.3. The third kappa shape index (κ3) is 4.87. The van der Waals surface area contributed by atoms with Crippen LogP contribution in [0.25, 0.3) is 0 Å². The lowest BCUT2D eigenvalue weighted by Crippen LogP contribution is -2.35. The molecule has 0 bridgehead atoms. The molecule has 0 aliphatic carbocycles. The third-order valence-corrected chi connectivity index (χ3v) is 2.84. The maximum absolute atomic E-state index is 11.7. The molecule has 0 saturated heterocycles. The van der Waals surface area contributed by atoms with E-state index in [2.05, 4.69) is 17.2 Å². The van der Waals surface area contributed by atoms with Gasteiger partial charge in [0.2, 0.25) is 5.91 Å². The molecule has 0 radical (unpaired) electrons. The molecule has 5 heteroatoms. The molecule has 1 N–H and O–H groups in total. The fourth-order valence-corrected chi connectivity index (χ4v) is 1.73. The number of nitrogens with one attached hydrogen (secondary N) is 1. The molecule has 1 rings (SSSR count). The molecule has 0 aliphatic rings. The number of carbonyl (C=O) groups is 1. The highest BCUT2D eigenvalue weighted by atomic mass is 16.2. The second kappa shape index (κ2) is 7.74. The van der Waals surface area contributed by atoms with Gasteiger partial charge in [0.15, 0.2) is 0 Å². The van der Waals surface area contributed by atoms with Gasteiger partial charge in [0, 0.05) is 39.4 Å². The van der Waals surface area contributed by atoms with Gasteiger partial charge >= 0.3 is 0 Å². The summed E-state index contributed by atoms with van der Waals surface area (Å²) in [6.07, 6.45) is 2.86. The summed E-state index contributed by atoms with van der Waals surface area (Å²) < 4.78 is 0. The number of pyridine rings is 1. The van der Waals surface area contributed by atoms with Gasteiger partial charge in [-0.15, -0.1) is 0 Å². The Balaban J connectivity index is 2.72. The lowest BCUT2D eigenvalue weighted by Gasteiger charge is -2.22. The summed E-state index contributed by atoms with van der Waals surface area (Å²) in [5.41, 5.74) is 1.12. The summed E-state index contributed by atoms with van der Waals surface area (Å²) >= 11 is 0. The smallest absolute Gasteiger partial charge is 0.241 e. The average molecular weight is 264 g/mol. The van der Waals surface area contributed by atoms with Gasteiger partial charge in [-0.25, -0.2) is 4.98 Å². The number of hydrogen-bond acceptors (Lipinski definition) is 4. The second-order valence-corrected chi connectivity index (χ2v) is 4.81. The van der Waals surface area contributed by atoms with Crippen LogP contribution in [0, 0.1) is 0 Å². The molecule has 0 spiro atoms. The standard InChI is InChI=1S/C14H24N4O/c1-5-8-15-10-12-7-6-9-16-14(12)18(4)11-13(19)17(2)3/h6-7,9,15H,5,8,10-11H2,1-4H3. The van der Waals surface area contributed by atoms with E-state index in [1.54, 1.807) is 25.2 Å². The van der Waals surface area contributed by atoms with Crippen LogP contribution in [0.1, 0.15) is 18.9 Å². The topological polar surface area (TPSA) is 48.5 Å². The molecule has 0 atom stereocenters. The molecular formula is C14H24N4O. The van der Waals surface area contributed by atoms with Crippen molar-refractivity contribution < 1.29 is 4.79 Å². The lowest BCUT2D eigenvalue weighted by molar-refractivity contribution is -0.127. The van der Waals surface area contributed by atoms with Crippen molar-refractivity contribution in [3.63, 3.8) is 0 Å². The van der Waals surface area contributed by atoms with Crippen LogP contribution in [0.5, 0.6) is 0 Å². The van der Waals surface area contributed by atoms with E-state index in [0.717, 1.165) is 30.9 Å². The Labute approximate surface area is 115 Å². The molecule has 1 amide bonds. The summed E-state index contributed by atoms with van der Waals surface area (Å²) in [6.45, 7) is 4.23. The first-order chi connectivity index (χ1) is 9.06. The molecule has 0 aliphatic heterocycles. The highest BCUT2D eigenvalue weighted by Crippen LogP contribution is 2.15. The third-order valence-electron chi connectivity index (χ3n) is 2.84. The fourth-order valence-electron chi connectivity index (χ4n) is 1.73. The van der Waals surface area contributed by atoms with Crippen molar-refractivity contribution in [2.24, 2.45) is 0 Å². The highest BCUT2D eigenvalue weighted by molar-refractivity contribution is 5.80. The van der Waals surface area contributed by atoms with Crippen LogP contribution in [-0.4, -0.2) is 50.0 Å². The summed E-state index contributed by atoms with van der Waals surface area (Å²) in [5.74, 6) is 0.932. The second-order valence-electron chi connectivity index (χ2n) is 4.81. The summed E-state index contributed by atoms with van der Waals surface area (Å²) in [4.78, 5) is 19.6. The molecule has 0 aromatic carbocycles. The van der Waals surface area contributed by atoms with Crippen LogP contribution in [-0.2, 0) is 11.3 Å². The number of aromatic nitrogens is 1. The van der Waals surface area contributed by atoms with Crippen molar-refractivity contribution in [1.82, 2.24) is 15.2 Å². The quantitative estimate of drug-likeness (QED) is 0.749. The van der Waals surface area contributed by atoms with Gasteiger partial charge in [0.25, 0.3) is 0 Å². The van der Waals surface area contributed by atoms with Crippen molar-refractivity contribution in [3.8, 4) is 0 Å². The Bertz CT molecular complexity index is 406. The number of anilines is 1. The first-order valence-electron chi connectivity index (χ1n) is 6.62.